The van der Waals surface area contributed by atoms with E-state index in [0.717, 1.165) is 24.9 Å². The van der Waals surface area contributed by atoms with Crippen LogP contribution < -0.4 is 0 Å². The Hall–Kier alpha value is -0.940. The van der Waals surface area contributed by atoms with Gasteiger partial charge in [0.25, 0.3) is 0 Å². The van der Waals surface area contributed by atoms with Crippen LogP contribution in [0.15, 0.2) is 18.2 Å². The van der Waals surface area contributed by atoms with Gasteiger partial charge >= 0.3 is 0 Å². The first-order valence-corrected chi connectivity index (χ1v) is 9.48. The molecule has 2 fully saturated rings. The van der Waals surface area contributed by atoms with Gasteiger partial charge in [-0.3, -0.25) is 4.90 Å². The summed E-state index contributed by atoms with van der Waals surface area (Å²) in [6.07, 6.45) is 3.98. The molecular formula is C16H22FNO2S. The Morgan fingerprint density at radius 1 is 1.24 bits per heavy atom. The molecule has 0 N–H and O–H groups in total. The first kappa shape index (κ1) is 15.0. The number of rotatable bonds is 5. The fourth-order valence-corrected chi connectivity index (χ4v) is 4.97. The number of nitrogens with zero attached hydrogens (tertiary/aromatic N) is 1. The first-order valence-electron chi connectivity index (χ1n) is 7.66. The van der Waals surface area contributed by atoms with E-state index in [2.05, 4.69) is 4.90 Å². The Morgan fingerprint density at radius 2 is 2.00 bits per heavy atom. The lowest BCUT2D eigenvalue weighted by Gasteiger charge is -2.28. The molecule has 2 aliphatic rings. The predicted octanol–water partition coefficient (Wildman–Crippen LogP) is 2.33. The molecular weight excluding hydrogens is 289 g/mol. The van der Waals surface area contributed by atoms with Gasteiger partial charge in [-0.15, -0.1) is 0 Å². The summed E-state index contributed by atoms with van der Waals surface area (Å²) < 4.78 is 36.6. The Balaban J connectivity index is 1.64. The minimum absolute atomic E-state index is 0.167. The van der Waals surface area contributed by atoms with Crippen LogP contribution in [0.4, 0.5) is 4.39 Å². The molecule has 3 rings (SSSR count). The molecule has 21 heavy (non-hydrogen) atoms. The van der Waals surface area contributed by atoms with Gasteiger partial charge in [0.1, 0.15) is 5.82 Å². The van der Waals surface area contributed by atoms with Gasteiger partial charge < -0.3 is 0 Å². The Kier molecular flexibility index (Phi) is 4.06. The second kappa shape index (κ2) is 5.69. The highest BCUT2D eigenvalue weighted by Crippen LogP contribution is 2.32. The van der Waals surface area contributed by atoms with Crippen LogP contribution in [-0.2, 0) is 16.3 Å². The fraction of sp³-hybridized carbons (Fsp3) is 0.625. The van der Waals surface area contributed by atoms with Crippen molar-refractivity contribution in [2.75, 3.05) is 18.1 Å². The molecule has 116 valence electrons. The van der Waals surface area contributed by atoms with Crippen molar-refractivity contribution >= 4 is 9.84 Å². The molecule has 3 nitrogen and oxygen atoms in total. The van der Waals surface area contributed by atoms with Crippen LogP contribution in [0.2, 0.25) is 0 Å². The largest absolute Gasteiger partial charge is 0.296 e. The van der Waals surface area contributed by atoms with Crippen molar-refractivity contribution in [2.24, 2.45) is 0 Å². The van der Waals surface area contributed by atoms with E-state index in [1.165, 1.54) is 18.9 Å². The number of halogens is 1. The maximum Gasteiger partial charge on any atom is 0.151 e. The Labute approximate surface area is 126 Å². The smallest absolute Gasteiger partial charge is 0.151 e. The molecule has 1 aromatic carbocycles. The molecule has 0 aromatic heterocycles. The van der Waals surface area contributed by atoms with E-state index >= 15 is 0 Å². The second-order valence-corrected chi connectivity index (χ2v) is 8.59. The van der Waals surface area contributed by atoms with Crippen LogP contribution in [0.3, 0.4) is 0 Å². The van der Waals surface area contributed by atoms with Gasteiger partial charge in [-0.2, -0.15) is 0 Å². The van der Waals surface area contributed by atoms with Crippen molar-refractivity contribution in [3.63, 3.8) is 0 Å². The lowest BCUT2D eigenvalue weighted by atomic mass is 10.1. The van der Waals surface area contributed by atoms with E-state index < -0.39 is 9.84 Å². The molecule has 1 saturated heterocycles. The van der Waals surface area contributed by atoms with Gasteiger partial charge in [0.2, 0.25) is 0 Å². The standard InChI is InChI=1S/C16H22FNO2S/c1-12-10-13(2-5-16(12)17)6-8-18(14-3-4-14)15-7-9-21(19,20)11-15/h2,5,10,14-15H,3-4,6-9,11H2,1H3. The average molecular weight is 311 g/mol. The lowest BCUT2D eigenvalue weighted by Crippen LogP contribution is -2.39. The van der Waals surface area contributed by atoms with E-state index in [1.807, 2.05) is 12.1 Å². The van der Waals surface area contributed by atoms with E-state index in [9.17, 15) is 12.8 Å². The van der Waals surface area contributed by atoms with Gasteiger partial charge in [-0.25, -0.2) is 12.8 Å². The summed E-state index contributed by atoms with van der Waals surface area (Å²) in [6, 6.07) is 5.99. The van der Waals surface area contributed by atoms with E-state index in [1.54, 1.807) is 6.92 Å². The van der Waals surface area contributed by atoms with Crippen LogP contribution in [0, 0.1) is 12.7 Å². The highest BCUT2D eigenvalue weighted by molar-refractivity contribution is 7.91. The highest BCUT2D eigenvalue weighted by atomic mass is 32.2. The minimum atomic E-state index is -2.83. The summed E-state index contributed by atoms with van der Waals surface area (Å²) in [5.41, 5.74) is 1.80. The summed E-state index contributed by atoms with van der Waals surface area (Å²) >= 11 is 0. The summed E-state index contributed by atoms with van der Waals surface area (Å²) in [6.45, 7) is 2.65. The number of hydrogen-bond donors (Lipinski definition) is 0. The van der Waals surface area contributed by atoms with Gasteiger partial charge in [-0.1, -0.05) is 12.1 Å². The quantitative estimate of drug-likeness (QED) is 0.837. The summed E-state index contributed by atoms with van der Waals surface area (Å²) in [5, 5.41) is 0. The zero-order valence-electron chi connectivity index (χ0n) is 12.4. The maximum atomic E-state index is 13.3. The second-order valence-electron chi connectivity index (χ2n) is 6.36. The molecule has 1 aliphatic carbocycles. The molecule has 1 aromatic rings. The zero-order chi connectivity index (χ0) is 15.0. The van der Waals surface area contributed by atoms with Crippen LogP contribution in [0.1, 0.15) is 30.4 Å². The first-order chi connectivity index (χ1) is 9.94. The van der Waals surface area contributed by atoms with E-state index in [0.29, 0.717) is 23.1 Å². The number of benzene rings is 1. The Bertz CT molecular complexity index is 625. The maximum absolute atomic E-state index is 13.3. The van der Waals surface area contributed by atoms with Crippen molar-refractivity contribution in [1.82, 2.24) is 4.90 Å². The lowest BCUT2D eigenvalue weighted by molar-refractivity contribution is 0.204. The molecule has 1 unspecified atom stereocenters. The van der Waals surface area contributed by atoms with Crippen molar-refractivity contribution in [2.45, 2.75) is 44.7 Å². The summed E-state index contributed by atoms with van der Waals surface area (Å²) in [4.78, 5) is 2.38. The molecule has 1 aliphatic heterocycles. The highest BCUT2D eigenvalue weighted by Gasteiger charge is 2.39. The van der Waals surface area contributed by atoms with Crippen molar-refractivity contribution in [1.29, 1.82) is 0 Å². The molecule has 1 atom stereocenters. The zero-order valence-corrected chi connectivity index (χ0v) is 13.2. The van der Waals surface area contributed by atoms with Gasteiger partial charge in [-0.05, 0) is 49.8 Å². The fourth-order valence-electron chi connectivity index (χ4n) is 3.23. The van der Waals surface area contributed by atoms with E-state index in [-0.39, 0.29) is 11.9 Å². The number of hydrogen-bond acceptors (Lipinski definition) is 3. The molecule has 1 heterocycles. The Morgan fingerprint density at radius 3 is 2.57 bits per heavy atom. The molecule has 0 radical (unpaired) electrons. The summed E-state index contributed by atoms with van der Waals surface area (Å²) in [7, 11) is -2.83. The van der Waals surface area contributed by atoms with Crippen LogP contribution in [0.5, 0.6) is 0 Å². The van der Waals surface area contributed by atoms with Crippen LogP contribution in [-0.4, -0.2) is 43.5 Å². The molecule has 0 amide bonds. The number of sulfone groups is 1. The van der Waals surface area contributed by atoms with Crippen LogP contribution in [0.25, 0.3) is 0 Å². The molecule has 0 bridgehead atoms. The van der Waals surface area contributed by atoms with E-state index in [4.69, 9.17) is 0 Å². The topological polar surface area (TPSA) is 37.4 Å². The molecule has 0 spiro atoms. The summed E-state index contributed by atoms with van der Waals surface area (Å²) in [5.74, 6) is 0.474. The van der Waals surface area contributed by atoms with Crippen molar-refractivity contribution < 1.29 is 12.8 Å². The van der Waals surface area contributed by atoms with Gasteiger partial charge in [0.15, 0.2) is 9.84 Å². The SMILES string of the molecule is Cc1cc(CCN(C2CC2)C2CCS(=O)(=O)C2)ccc1F. The average Bonchev–Trinajstić information content (AvgIpc) is 3.18. The van der Waals surface area contributed by atoms with Gasteiger partial charge in [0.05, 0.1) is 11.5 Å². The minimum Gasteiger partial charge on any atom is -0.296 e. The third-order valence-electron chi connectivity index (χ3n) is 4.57. The molecule has 1 saturated carbocycles. The van der Waals surface area contributed by atoms with Crippen molar-refractivity contribution in [3.8, 4) is 0 Å². The predicted molar refractivity (Wildman–Crippen MR) is 81.6 cm³/mol. The van der Waals surface area contributed by atoms with Crippen LogP contribution >= 0.6 is 0 Å². The molecule has 5 heteroatoms. The van der Waals surface area contributed by atoms with Gasteiger partial charge in [0, 0.05) is 18.6 Å². The number of aryl methyl sites for hydroxylation is 1. The monoisotopic (exact) mass is 311 g/mol. The third-order valence-corrected chi connectivity index (χ3v) is 6.32. The van der Waals surface area contributed by atoms with Crippen molar-refractivity contribution in [3.05, 3.63) is 35.1 Å². The third kappa shape index (κ3) is 3.64. The normalized spacial score (nSPS) is 24.6.